The summed E-state index contributed by atoms with van der Waals surface area (Å²) in [4.78, 5) is 9.49. The number of quaternary nitrogens is 1. The minimum atomic E-state index is -2.19. The summed E-state index contributed by atoms with van der Waals surface area (Å²) < 4.78 is 0.962. The zero-order valence-electron chi connectivity index (χ0n) is 9.53. The van der Waals surface area contributed by atoms with E-state index in [9.17, 15) is 15.2 Å². The lowest BCUT2D eigenvalue weighted by molar-refractivity contribution is -1.02. The first-order chi connectivity index (χ1) is 8.46. The zero-order valence-corrected chi connectivity index (χ0v) is 10.3. The SMILES string of the molecule is CC(c1cc2ccccc2s1)[N+]([O-])(O)C(=O)NO. The van der Waals surface area contributed by atoms with Crippen LogP contribution in [-0.2, 0) is 0 Å². The van der Waals surface area contributed by atoms with Crippen LogP contribution >= 0.6 is 11.3 Å². The standard InChI is InChI=1S/C11H12N2O4S/c1-7(13(16,17)11(14)12-15)10-6-8-4-2-3-5-9(8)18-10/h2-7,15-16H,1H3,(H,12,14). The average Bonchev–Trinajstić information content (AvgIpc) is 2.80. The van der Waals surface area contributed by atoms with Crippen LogP contribution in [0, 0.1) is 5.21 Å². The van der Waals surface area contributed by atoms with Gasteiger partial charge in [-0.25, -0.2) is 10.0 Å². The summed E-state index contributed by atoms with van der Waals surface area (Å²) >= 11 is 1.32. The van der Waals surface area contributed by atoms with Gasteiger partial charge in [0, 0.05) is 4.70 Å². The van der Waals surface area contributed by atoms with Crippen LogP contribution in [0.2, 0.25) is 0 Å². The Labute approximate surface area is 107 Å². The van der Waals surface area contributed by atoms with E-state index in [2.05, 4.69) is 0 Å². The summed E-state index contributed by atoms with van der Waals surface area (Å²) in [7, 11) is 0. The van der Waals surface area contributed by atoms with E-state index in [4.69, 9.17) is 5.21 Å². The maximum absolute atomic E-state index is 11.7. The van der Waals surface area contributed by atoms with Crippen LogP contribution < -0.4 is 5.48 Å². The number of benzene rings is 1. The van der Waals surface area contributed by atoms with Gasteiger partial charge in [0.1, 0.15) is 0 Å². The van der Waals surface area contributed by atoms with Crippen LogP contribution in [0.5, 0.6) is 0 Å². The summed E-state index contributed by atoms with van der Waals surface area (Å²) in [5, 5.41) is 30.7. The summed E-state index contributed by atoms with van der Waals surface area (Å²) in [5.74, 6) is 0. The highest BCUT2D eigenvalue weighted by molar-refractivity contribution is 7.19. The van der Waals surface area contributed by atoms with Crippen molar-refractivity contribution in [2.75, 3.05) is 0 Å². The monoisotopic (exact) mass is 268 g/mol. The molecule has 0 bridgehead atoms. The van der Waals surface area contributed by atoms with Crippen molar-refractivity contribution in [3.63, 3.8) is 0 Å². The van der Waals surface area contributed by atoms with Gasteiger partial charge >= 0.3 is 6.03 Å². The normalized spacial score (nSPS) is 16.2. The van der Waals surface area contributed by atoms with Gasteiger partial charge in [0.25, 0.3) is 0 Å². The molecule has 3 N–H and O–H groups in total. The van der Waals surface area contributed by atoms with Crippen LogP contribution in [0.4, 0.5) is 4.79 Å². The number of hydroxylamine groups is 5. The van der Waals surface area contributed by atoms with Gasteiger partial charge in [-0.1, -0.05) is 18.2 Å². The first-order valence-corrected chi connectivity index (χ1v) is 6.04. The third-order valence-electron chi connectivity index (χ3n) is 2.77. The number of carbonyl (C=O) groups excluding carboxylic acids is 1. The third-order valence-corrected chi connectivity index (χ3v) is 4.05. The molecule has 1 heterocycles. The molecular weight excluding hydrogens is 256 g/mol. The van der Waals surface area contributed by atoms with Crippen molar-refractivity contribution in [2.45, 2.75) is 13.0 Å². The minimum absolute atomic E-state index is 0.567. The largest absolute Gasteiger partial charge is 0.589 e. The predicted molar refractivity (Wildman–Crippen MR) is 66.0 cm³/mol. The van der Waals surface area contributed by atoms with Crippen LogP contribution in [0.3, 0.4) is 0 Å². The molecule has 0 saturated carbocycles. The number of nitrogens with one attached hydrogen (secondary N) is 1. The van der Waals surface area contributed by atoms with Gasteiger partial charge in [0.2, 0.25) is 0 Å². The second kappa shape index (κ2) is 4.63. The van der Waals surface area contributed by atoms with Crippen molar-refractivity contribution >= 4 is 27.5 Å². The fourth-order valence-corrected chi connectivity index (χ4v) is 2.77. The summed E-state index contributed by atoms with van der Waals surface area (Å²) in [6, 6.07) is 6.81. The number of nitrogens with zero attached hydrogens (tertiary/aromatic N) is 1. The minimum Gasteiger partial charge on any atom is -0.589 e. The van der Waals surface area contributed by atoms with Crippen LogP contribution in [0.15, 0.2) is 30.3 Å². The average molecular weight is 268 g/mol. The fourth-order valence-electron chi connectivity index (χ4n) is 1.63. The van der Waals surface area contributed by atoms with Crippen LogP contribution in [0.1, 0.15) is 17.8 Å². The lowest BCUT2D eigenvalue weighted by Gasteiger charge is -2.34. The molecule has 0 aliphatic carbocycles. The third kappa shape index (κ3) is 2.09. The van der Waals surface area contributed by atoms with E-state index in [-0.39, 0.29) is 0 Å². The van der Waals surface area contributed by atoms with E-state index < -0.39 is 16.9 Å². The predicted octanol–water partition coefficient (Wildman–Crippen LogP) is 2.76. The van der Waals surface area contributed by atoms with Crippen molar-refractivity contribution < 1.29 is 20.0 Å². The maximum atomic E-state index is 11.7. The molecule has 18 heavy (non-hydrogen) atoms. The van der Waals surface area contributed by atoms with Gasteiger partial charge in [0.15, 0.2) is 6.04 Å². The Morgan fingerprint density at radius 2 is 2.17 bits per heavy atom. The Morgan fingerprint density at radius 1 is 1.50 bits per heavy atom. The van der Waals surface area contributed by atoms with E-state index in [0.29, 0.717) is 4.88 Å². The van der Waals surface area contributed by atoms with Crippen molar-refractivity contribution in [1.82, 2.24) is 5.48 Å². The molecule has 0 saturated heterocycles. The molecule has 0 aliphatic heterocycles. The van der Waals surface area contributed by atoms with E-state index in [1.165, 1.54) is 23.7 Å². The van der Waals surface area contributed by atoms with Gasteiger partial charge in [-0.2, -0.15) is 5.48 Å². The second-order valence-corrected chi connectivity index (χ2v) is 5.02. The number of carbonyl (C=O) groups is 1. The molecule has 2 amide bonds. The smallest absolute Gasteiger partial charge is 0.473 e. The Morgan fingerprint density at radius 3 is 2.78 bits per heavy atom. The van der Waals surface area contributed by atoms with Gasteiger partial charge in [-0.3, -0.25) is 5.21 Å². The number of rotatable bonds is 2. The quantitative estimate of drug-likeness (QED) is 0.443. The Kier molecular flexibility index (Phi) is 3.33. The summed E-state index contributed by atoms with van der Waals surface area (Å²) in [5.41, 5.74) is 1.17. The first-order valence-electron chi connectivity index (χ1n) is 5.22. The molecule has 0 spiro atoms. The molecule has 1 aromatic heterocycles. The van der Waals surface area contributed by atoms with Gasteiger partial charge in [0.05, 0.1) is 4.88 Å². The van der Waals surface area contributed by atoms with E-state index in [1.807, 2.05) is 24.3 Å². The van der Waals surface area contributed by atoms with E-state index >= 15 is 0 Å². The molecule has 6 nitrogen and oxygen atoms in total. The topological polar surface area (TPSA) is 92.6 Å². The molecule has 0 radical (unpaired) electrons. The van der Waals surface area contributed by atoms with Gasteiger partial charge in [-0.05, 0) is 24.4 Å². The summed E-state index contributed by atoms with van der Waals surface area (Å²) in [6.07, 6.45) is 0. The number of urea groups is 1. The van der Waals surface area contributed by atoms with Crippen molar-refractivity contribution in [2.24, 2.45) is 0 Å². The number of hydrogen-bond donors (Lipinski definition) is 3. The highest BCUT2D eigenvalue weighted by Gasteiger charge is 2.35. The van der Waals surface area contributed by atoms with Crippen LogP contribution in [-0.4, -0.2) is 21.3 Å². The van der Waals surface area contributed by atoms with Crippen molar-refractivity contribution in [3.05, 3.63) is 40.4 Å². The molecule has 2 aromatic rings. The number of amides is 2. The Balaban J connectivity index is 2.39. The molecular formula is C11H12N2O4S. The van der Waals surface area contributed by atoms with Crippen LogP contribution in [0.25, 0.3) is 10.1 Å². The lowest BCUT2D eigenvalue weighted by atomic mass is 10.2. The summed E-state index contributed by atoms with van der Waals surface area (Å²) in [6.45, 7) is 1.42. The molecule has 2 rings (SSSR count). The first kappa shape index (κ1) is 12.9. The molecule has 96 valence electrons. The molecule has 2 unspecified atom stereocenters. The molecule has 0 fully saturated rings. The molecule has 7 heteroatoms. The van der Waals surface area contributed by atoms with E-state index in [1.54, 1.807) is 6.07 Å². The Hall–Kier alpha value is -1.51. The Bertz CT molecular complexity index is 548. The van der Waals surface area contributed by atoms with Crippen molar-refractivity contribution in [3.8, 4) is 0 Å². The lowest BCUT2D eigenvalue weighted by Crippen LogP contribution is -2.50. The zero-order chi connectivity index (χ0) is 13.3. The van der Waals surface area contributed by atoms with Gasteiger partial charge < -0.3 is 5.21 Å². The maximum Gasteiger partial charge on any atom is 0.473 e. The molecule has 1 aromatic carbocycles. The second-order valence-electron chi connectivity index (χ2n) is 3.90. The molecule has 0 aliphatic rings. The number of fused-ring (bicyclic) bond motifs is 1. The fraction of sp³-hybridized carbons (Fsp3) is 0.182. The van der Waals surface area contributed by atoms with Gasteiger partial charge in [-0.15, -0.1) is 16.1 Å². The van der Waals surface area contributed by atoms with Crippen molar-refractivity contribution in [1.29, 1.82) is 0 Å². The highest BCUT2D eigenvalue weighted by Crippen LogP contribution is 2.34. The molecule has 2 atom stereocenters. The van der Waals surface area contributed by atoms with E-state index in [0.717, 1.165) is 10.1 Å². The highest BCUT2D eigenvalue weighted by atomic mass is 32.1. The number of hydrogen-bond acceptors (Lipinski definition) is 5. The number of thiophene rings is 1.